The molecule has 2 nitrogen and oxygen atoms in total. The van der Waals surface area contributed by atoms with Crippen LogP contribution in [0, 0.1) is 0 Å². The summed E-state index contributed by atoms with van der Waals surface area (Å²) < 4.78 is 36.9. The van der Waals surface area contributed by atoms with Gasteiger partial charge in [0.2, 0.25) is 0 Å². The van der Waals surface area contributed by atoms with Gasteiger partial charge in [-0.2, -0.15) is 13.2 Å². The molecule has 0 spiro atoms. The smallest absolute Gasteiger partial charge is 0.366 e. The van der Waals surface area contributed by atoms with Gasteiger partial charge in [0.05, 0.1) is 0 Å². The van der Waals surface area contributed by atoms with Crippen LogP contribution in [0.2, 0.25) is 0 Å². The maximum absolute atomic E-state index is 12.3. The Hall–Kier alpha value is -1.23. The van der Waals surface area contributed by atoms with Crippen molar-refractivity contribution >= 4 is 5.69 Å². The molecule has 0 heterocycles. The van der Waals surface area contributed by atoms with Crippen molar-refractivity contribution in [3.05, 3.63) is 29.8 Å². The molecule has 0 fully saturated rings. The summed E-state index contributed by atoms with van der Waals surface area (Å²) in [5.74, 6) is 0. The lowest BCUT2D eigenvalue weighted by atomic mass is 10.0. The molecule has 1 aromatic carbocycles. The van der Waals surface area contributed by atoms with Crippen molar-refractivity contribution in [2.75, 3.05) is 25.0 Å². The van der Waals surface area contributed by atoms with Gasteiger partial charge < -0.3 is 10.2 Å². The number of nitrogens with one attached hydrogen (secondary N) is 1. The van der Waals surface area contributed by atoms with Gasteiger partial charge in [-0.05, 0) is 30.7 Å². The zero-order valence-corrected chi connectivity index (χ0v) is 11.6. The standard InChI is InChI=1S/C14H21F3N2/c1-4-13(18-5-2)11-6-8-12(9-7-11)19(3)10-14(15,16)17/h6-9,13,18H,4-5,10H2,1-3H3. The van der Waals surface area contributed by atoms with Gasteiger partial charge in [-0.15, -0.1) is 0 Å². The fourth-order valence-electron chi connectivity index (χ4n) is 2.07. The van der Waals surface area contributed by atoms with Crippen LogP contribution in [0.4, 0.5) is 18.9 Å². The molecule has 19 heavy (non-hydrogen) atoms. The lowest BCUT2D eigenvalue weighted by Gasteiger charge is -2.22. The molecule has 0 aromatic heterocycles. The Morgan fingerprint density at radius 3 is 2.16 bits per heavy atom. The minimum atomic E-state index is -4.18. The molecule has 0 aliphatic carbocycles. The Balaban J connectivity index is 2.75. The number of benzene rings is 1. The maximum Gasteiger partial charge on any atom is 0.405 e. The van der Waals surface area contributed by atoms with E-state index in [4.69, 9.17) is 0 Å². The highest BCUT2D eigenvalue weighted by molar-refractivity contribution is 5.47. The van der Waals surface area contributed by atoms with Gasteiger partial charge in [0, 0.05) is 18.8 Å². The second kappa shape index (κ2) is 6.80. The zero-order valence-electron chi connectivity index (χ0n) is 11.6. The van der Waals surface area contributed by atoms with Crippen molar-refractivity contribution in [2.24, 2.45) is 0 Å². The first kappa shape index (κ1) is 15.8. The Morgan fingerprint density at radius 1 is 1.16 bits per heavy atom. The first-order valence-corrected chi connectivity index (χ1v) is 6.48. The summed E-state index contributed by atoms with van der Waals surface area (Å²) in [7, 11) is 1.45. The number of hydrogen-bond donors (Lipinski definition) is 1. The van der Waals surface area contributed by atoms with Crippen molar-refractivity contribution in [1.29, 1.82) is 0 Å². The highest BCUT2D eigenvalue weighted by atomic mass is 19.4. The van der Waals surface area contributed by atoms with E-state index in [-0.39, 0.29) is 6.04 Å². The maximum atomic E-state index is 12.3. The third-order valence-corrected chi connectivity index (χ3v) is 3.01. The molecule has 1 N–H and O–H groups in total. The fourth-order valence-corrected chi connectivity index (χ4v) is 2.07. The van der Waals surface area contributed by atoms with Crippen LogP contribution in [0.5, 0.6) is 0 Å². The topological polar surface area (TPSA) is 15.3 Å². The molecule has 108 valence electrons. The molecule has 5 heteroatoms. The van der Waals surface area contributed by atoms with Gasteiger partial charge >= 0.3 is 6.18 Å². The summed E-state index contributed by atoms with van der Waals surface area (Å²) >= 11 is 0. The zero-order chi connectivity index (χ0) is 14.5. The van der Waals surface area contributed by atoms with E-state index < -0.39 is 12.7 Å². The SMILES string of the molecule is CCNC(CC)c1ccc(N(C)CC(F)(F)F)cc1. The Bertz CT molecular complexity index is 373. The van der Waals surface area contributed by atoms with E-state index in [1.807, 2.05) is 19.1 Å². The van der Waals surface area contributed by atoms with Gasteiger partial charge in [-0.25, -0.2) is 0 Å². The Morgan fingerprint density at radius 2 is 1.74 bits per heavy atom. The van der Waals surface area contributed by atoms with E-state index in [2.05, 4.69) is 12.2 Å². The summed E-state index contributed by atoms with van der Waals surface area (Å²) in [5, 5.41) is 3.34. The molecular weight excluding hydrogens is 253 g/mol. The summed E-state index contributed by atoms with van der Waals surface area (Å²) in [4.78, 5) is 1.21. The molecule has 0 saturated heterocycles. The number of rotatable bonds is 6. The van der Waals surface area contributed by atoms with Crippen LogP contribution in [0.15, 0.2) is 24.3 Å². The summed E-state index contributed by atoms with van der Waals surface area (Å²) in [5.41, 5.74) is 1.68. The summed E-state index contributed by atoms with van der Waals surface area (Å²) in [6.45, 7) is 4.05. The number of nitrogens with zero attached hydrogens (tertiary/aromatic N) is 1. The summed E-state index contributed by atoms with van der Waals surface area (Å²) in [6, 6.07) is 7.51. The Kier molecular flexibility index (Phi) is 5.66. The second-order valence-corrected chi connectivity index (χ2v) is 4.58. The van der Waals surface area contributed by atoms with E-state index in [0.29, 0.717) is 5.69 Å². The quantitative estimate of drug-likeness (QED) is 0.850. The van der Waals surface area contributed by atoms with E-state index >= 15 is 0 Å². The van der Waals surface area contributed by atoms with E-state index in [1.54, 1.807) is 12.1 Å². The molecule has 1 aromatic rings. The number of hydrogen-bond acceptors (Lipinski definition) is 2. The number of alkyl halides is 3. The molecule has 1 rings (SSSR count). The van der Waals surface area contributed by atoms with Crippen LogP contribution in [-0.2, 0) is 0 Å². The molecule has 0 bridgehead atoms. The van der Waals surface area contributed by atoms with Gasteiger partial charge in [-0.3, -0.25) is 0 Å². The van der Waals surface area contributed by atoms with Gasteiger partial charge in [-0.1, -0.05) is 26.0 Å². The molecule has 0 aliphatic heterocycles. The van der Waals surface area contributed by atoms with Crippen LogP contribution >= 0.6 is 0 Å². The predicted octanol–water partition coefficient (Wildman–Crippen LogP) is 3.75. The predicted molar refractivity (Wildman–Crippen MR) is 72.5 cm³/mol. The normalized spacial score (nSPS) is 13.4. The lowest BCUT2D eigenvalue weighted by molar-refractivity contribution is -0.119. The third-order valence-electron chi connectivity index (χ3n) is 3.01. The van der Waals surface area contributed by atoms with E-state index in [1.165, 1.54) is 11.9 Å². The largest absolute Gasteiger partial charge is 0.405 e. The van der Waals surface area contributed by atoms with Crippen molar-refractivity contribution in [3.8, 4) is 0 Å². The first-order valence-electron chi connectivity index (χ1n) is 6.48. The van der Waals surface area contributed by atoms with Crippen molar-refractivity contribution < 1.29 is 13.2 Å². The average molecular weight is 274 g/mol. The minimum absolute atomic E-state index is 0.256. The molecule has 0 radical (unpaired) electrons. The highest BCUT2D eigenvalue weighted by Gasteiger charge is 2.29. The molecule has 1 atom stereocenters. The number of anilines is 1. The molecule has 0 saturated carbocycles. The van der Waals surface area contributed by atoms with E-state index in [0.717, 1.165) is 18.5 Å². The summed E-state index contributed by atoms with van der Waals surface area (Å²) in [6.07, 6.45) is -3.23. The molecule has 1 unspecified atom stereocenters. The van der Waals surface area contributed by atoms with Crippen LogP contribution in [0.25, 0.3) is 0 Å². The fraction of sp³-hybridized carbons (Fsp3) is 0.571. The third kappa shape index (κ3) is 5.11. The van der Waals surface area contributed by atoms with Gasteiger partial charge in [0.1, 0.15) is 6.54 Å². The van der Waals surface area contributed by atoms with Gasteiger partial charge in [0.15, 0.2) is 0 Å². The molecule has 0 amide bonds. The molecular formula is C14H21F3N2. The average Bonchev–Trinajstić information content (AvgIpc) is 2.34. The minimum Gasteiger partial charge on any atom is -0.366 e. The Labute approximate surface area is 112 Å². The van der Waals surface area contributed by atoms with Crippen molar-refractivity contribution in [3.63, 3.8) is 0 Å². The van der Waals surface area contributed by atoms with E-state index in [9.17, 15) is 13.2 Å². The van der Waals surface area contributed by atoms with Crippen molar-refractivity contribution in [2.45, 2.75) is 32.5 Å². The molecule has 0 aliphatic rings. The second-order valence-electron chi connectivity index (χ2n) is 4.58. The van der Waals surface area contributed by atoms with Crippen LogP contribution in [0.1, 0.15) is 31.9 Å². The highest BCUT2D eigenvalue weighted by Crippen LogP contribution is 2.23. The van der Waals surface area contributed by atoms with Crippen LogP contribution in [0.3, 0.4) is 0 Å². The first-order chi connectivity index (χ1) is 8.87. The van der Waals surface area contributed by atoms with Gasteiger partial charge in [0.25, 0.3) is 0 Å². The number of halogens is 3. The van der Waals surface area contributed by atoms with Crippen LogP contribution < -0.4 is 10.2 Å². The monoisotopic (exact) mass is 274 g/mol. The van der Waals surface area contributed by atoms with Crippen LogP contribution in [-0.4, -0.2) is 26.3 Å². The lowest BCUT2D eigenvalue weighted by Crippen LogP contribution is -2.30. The van der Waals surface area contributed by atoms with Crippen molar-refractivity contribution in [1.82, 2.24) is 5.32 Å².